The Balaban J connectivity index is 2.47. The van der Waals surface area contributed by atoms with E-state index >= 15 is 0 Å². The van der Waals surface area contributed by atoms with Crippen LogP contribution < -0.4 is 5.32 Å². The third-order valence-electron chi connectivity index (χ3n) is 2.49. The topological polar surface area (TPSA) is 55.4 Å². The molecule has 0 aromatic heterocycles. The summed E-state index contributed by atoms with van der Waals surface area (Å²) in [5.41, 5.74) is 2.84. The van der Waals surface area contributed by atoms with Gasteiger partial charge in [0, 0.05) is 11.8 Å². The number of rotatable bonds is 5. The van der Waals surface area contributed by atoms with Gasteiger partial charge in [-0.25, -0.2) is 4.79 Å². The van der Waals surface area contributed by atoms with E-state index in [-0.39, 0.29) is 12.5 Å². The van der Waals surface area contributed by atoms with Crippen LogP contribution in [0, 0.1) is 13.8 Å². The molecule has 1 aromatic rings. The van der Waals surface area contributed by atoms with Crippen molar-refractivity contribution in [3.63, 3.8) is 0 Å². The lowest BCUT2D eigenvalue weighted by atomic mass is 10.1. The minimum absolute atomic E-state index is 0.278. The highest BCUT2D eigenvalue weighted by Crippen LogP contribution is 2.15. The zero-order chi connectivity index (χ0) is 14.3. The van der Waals surface area contributed by atoms with Gasteiger partial charge in [-0.2, -0.15) is 0 Å². The maximum Gasteiger partial charge on any atom is 0.330 e. The van der Waals surface area contributed by atoms with Gasteiger partial charge >= 0.3 is 5.97 Å². The van der Waals surface area contributed by atoms with Gasteiger partial charge < -0.3 is 10.1 Å². The predicted molar refractivity (Wildman–Crippen MR) is 74.9 cm³/mol. The van der Waals surface area contributed by atoms with Crippen molar-refractivity contribution in [3.8, 4) is 0 Å². The van der Waals surface area contributed by atoms with E-state index in [1.54, 1.807) is 6.08 Å². The SMILES string of the molecule is CC/C=C/C(=O)OCC(=O)Nc1ccc(C)cc1C. The fraction of sp³-hybridized carbons (Fsp3) is 0.333. The van der Waals surface area contributed by atoms with E-state index in [1.165, 1.54) is 6.08 Å². The molecule has 102 valence electrons. The van der Waals surface area contributed by atoms with Crippen LogP contribution in [0.5, 0.6) is 0 Å². The van der Waals surface area contributed by atoms with Crippen LogP contribution in [0.1, 0.15) is 24.5 Å². The largest absolute Gasteiger partial charge is 0.452 e. The van der Waals surface area contributed by atoms with Crippen molar-refractivity contribution >= 4 is 17.6 Å². The van der Waals surface area contributed by atoms with Crippen LogP contribution in [-0.2, 0) is 14.3 Å². The summed E-state index contributed by atoms with van der Waals surface area (Å²) in [6, 6.07) is 5.73. The van der Waals surface area contributed by atoms with Gasteiger partial charge in [0.05, 0.1) is 0 Å². The van der Waals surface area contributed by atoms with Gasteiger partial charge in [0.2, 0.25) is 0 Å². The molecule has 19 heavy (non-hydrogen) atoms. The normalized spacial score (nSPS) is 10.5. The van der Waals surface area contributed by atoms with Gasteiger partial charge in [-0.3, -0.25) is 4.79 Å². The molecular weight excluding hydrogens is 242 g/mol. The average molecular weight is 261 g/mol. The van der Waals surface area contributed by atoms with E-state index in [2.05, 4.69) is 5.32 Å². The van der Waals surface area contributed by atoms with Gasteiger partial charge in [0.1, 0.15) is 0 Å². The number of nitrogens with one attached hydrogen (secondary N) is 1. The molecular formula is C15H19NO3. The Morgan fingerprint density at radius 3 is 2.68 bits per heavy atom. The molecule has 0 saturated carbocycles. The van der Waals surface area contributed by atoms with Crippen molar-refractivity contribution in [1.82, 2.24) is 0 Å². The predicted octanol–water partition coefficient (Wildman–Crippen LogP) is 2.75. The van der Waals surface area contributed by atoms with Crippen LogP contribution in [0.4, 0.5) is 5.69 Å². The fourth-order valence-corrected chi connectivity index (χ4v) is 1.54. The monoisotopic (exact) mass is 261 g/mol. The van der Waals surface area contributed by atoms with Crippen LogP contribution in [0.15, 0.2) is 30.4 Å². The number of anilines is 1. The zero-order valence-corrected chi connectivity index (χ0v) is 11.5. The van der Waals surface area contributed by atoms with Crippen LogP contribution in [0.3, 0.4) is 0 Å². The molecule has 0 aliphatic carbocycles. The summed E-state index contributed by atoms with van der Waals surface area (Å²) in [5.74, 6) is -0.845. The molecule has 0 bridgehead atoms. The standard InChI is InChI=1S/C15H19NO3/c1-4-5-6-15(18)19-10-14(17)16-13-8-7-11(2)9-12(13)3/h5-9H,4,10H2,1-3H3,(H,16,17)/b6-5+. The molecule has 1 N–H and O–H groups in total. The van der Waals surface area contributed by atoms with Crippen molar-refractivity contribution in [3.05, 3.63) is 41.5 Å². The second-order valence-corrected chi connectivity index (χ2v) is 4.28. The molecule has 1 aromatic carbocycles. The Morgan fingerprint density at radius 1 is 1.32 bits per heavy atom. The molecule has 0 saturated heterocycles. The van der Waals surface area contributed by atoms with E-state index in [9.17, 15) is 9.59 Å². The number of aryl methyl sites for hydroxylation is 2. The van der Waals surface area contributed by atoms with Crippen molar-refractivity contribution < 1.29 is 14.3 Å². The lowest BCUT2D eigenvalue weighted by molar-refractivity contribution is -0.142. The van der Waals surface area contributed by atoms with E-state index in [0.29, 0.717) is 0 Å². The molecule has 4 heteroatoms. The zero-order valence-electron chi connectivity index (χ0n) is 11.5. The minimum atomic E-state index is -0.502. The summed E-state index contributed by atoms with van der Waals surface area (Å²) in [7, 11) is 0. The number of carbonyl (C=O) groups excluding carboxylic acids is 2. The second-order valence-electron chi connectivity index (χ2n) is 4.28. The Hall–Kier alpha value is -2.10. The number of carbonyl (C=O) groups is 2. The van der Waals surface area contributed by atoms with Gasteiger partial charge in [-0.1, -0.05) is 30.7 Å². The molecule has 1 rings (SSSR count). The minimum Gasteiger partial charge on any atom is -0.452 e. The van der Waals surface area contributed by atoms with E-state index < -0.39 is 5.97 Å². The number of hydrogen-bond donors (Lipinski definition) is 1. The first kappa shape index (κ1) is 15.0. The van der Waals surface area contributed by atoms with Crippen molar-refractivity contribution in [2.45, 2.75) is 27.2 Å². The number of benzene rings is 1. The van der Waals surface area contributed by atoms with E-state index in [4.69, 9.17) is 4.74 Å². The van der Waals surface area contributed by atoms with E-state index in [1.807, 2.05) is 39.0 Å². The van der Waals surface area contributed by atoms with Gasteiger partial charge in [0.15, 0.2) is 6.61 Å². The van der Waals surface area contributed by atoms with Gasteiger partial charge in [-0.15, -0.1) is 0 Å². The van der Waals surface area contributed by atoms with Crippen molar-refractivity contribution in [1.29, 1.82) is 0 Å². The van der Waals surface area contributed by atoms with Crippen LogP contribution >= 0.6 is 0 Å². The first-order valence-corrected chi connectivity index (χ1v) is 6.23. The average Bonchev–Trinajstić information content (AvgIpc) is 2.37. The third-order valence-corrected chi connectivity index (χ3v) is 2.49. The number of ether oxygens (including phenoxy) is 1. The first-order chi connectivity index (χ1) is 9.02. The molecule has 0 aliphatic rings. The van der Waals surface area contributed by atoms with Gasteiger partial charge in [0.25, 0.3) is 5.91 Å². The Labute approximate surface area is 113 Å². The molecule has 0 heterocycles. The Kier molecular flexibility index (Phi) is 5.79. The summed E-state index contributed by atoms with van der Waals surface area (Å²) in [6.45, 7) is 5.54. The van der Waals surface area contributed by atoms with Crippen LogP contribution in [0.25, 0.3) is 0 Å². The number of esters is 1. The highest BCUT2D eigenvalue weighted by atomic mass is 16.5. The third kappa shape index (κ3) is 5.38. The summed E-state index contributed by atoms with van der Waals surface area (Å²) in [4.78, 5) is 22.8. The lowest BCUT2D eigenvalue weighted by Gasteiger charge is -2.09. The van der Waals surface area contributed by atoms with Crippen molar-refractivity contribution in [2.24, 2.45) is 0 Å². The lowest BCUT2D eigenvalue weighted by Crippen LogP contribution is -2.20. The number of hydrogen-bond acceptors (Lipinski definition) is 3. The van der Waals surface area contributed by atoms with Crippen molar-refractivity contribution in [2.75, 3.05) is 11.9 Å². The summed E-state index contributed by atoms with van der Waals surface area (Å²) in [6.07, 6.45) is 3.76. The smallest absolute Gasteiger partial charge is 0.330 e. The Morgan fingerprint density at radius 2 is 2.05 bits per heavy atom. The number of amides is 1. The quantitative estimate of drug-likeness (QED) is 0.655. The highest BCUT2D eigenvalue weighted by Gasteiger charge is 2.07. The summed E-state index contributed by atoms with van der Waals surface area (Å²) in [5, 5.41) is 2.71. The molecule has 0 spiro atoms. The first-order valence-electron chi connectivity index (χ1n) is 6.23. The molecule has 0 fully saturated rings. The second kappa shape index (κ2) is 7.36. The summed E-state index contributed by atoms with van der Waals surface area (Å²) < 4.78 is 4.80. The maximum atomic E-state index is 11.6. The van der Waals surface area contributed by atoms with Crippen LogP contribution in [-0.4, -0.2) is 18.5 Å². The maximum absolute atomic E-state index is 11.6. The molecule has 0 atom stereocenters. The number of allylic oxidation sites excluding steroid dienone is 1. The van der Waals surface area contributed by atoms with E-state index in [0.717, 1.165) is 23.2 Å². The molecule has 1 amide bonds. The highest BCUT2D eigenvalue weighted by molar-refractivity contribution is 5.94. The molecule has 0 aliphatic heterocycles. The molecule has 0 radical (unpaired) electrons. The molecule has 0 unspecified atom stereocenters. The fourth-order valence-electron chi connectivity index (χ4n) is 1.54. The summed E-state index contributed by atoms with van der Waals surface area (Å²) >= 11 is 0. The molecule has 4 nitrogen and oxygen atoms in total. The Bertz CT molecular complexity index is 492. The van der Waals surface area contributed by atoms with Gasteiger partial charge in [-0.05, 0) is 31.9 Å². The van der Waals surface area contributed by atoms with Crippen LogP contribution in [0.2, 0.25) is 0 Å².